The number of carbonyl (C=O) groups is 5. The van der Waals surface area contributed by atoms with Gasteiger partial charge in [-0.15, -0.1) is 5.10 Å². The smallest absolute Gasteiger partial charge is 0.329 e. The van der Waals surface area contributed by atoms with Gasteiger partial charge in [0.05, 0.1) is 46.5 Å². The van der Waals surface area contributed by atoms with Crippen molar-refractivity contribution in [3.63, 3.8) is 0 Å². The SMILES string of the molecule is COC(=O)[C@@H](NC(=O)N1C(=O)[C@@]2(c3cc(C#CCn4nnc5ccccc54)ccc31)[C@H](c1ccc(O)cc1)N1[C@H](c3ccccc3)[C@H](c3ccccc3)OC(=O)[C@H]1[C@@H]2C(=O)Nc1nc2ccccc2s1)C(C)C. The molecule has 3 aliphatic rings. The summed E-state index contributed by atoms with van der Waals surface area (Å²) in [6.07, 6.45) is -0.970. The standard InChI is InChI=1S/C56H46N8O8S/c1-32(2)45(51(67)71-3)58-55(70)63-41-29-24-33(15-14-30-62-42-22-12-10-20-39(42)60-61-62)31-38(41)56(53(63)69)44(50(66)59-54-57-40-21-11-13-23-43(40)73-54)47-52(68)72-48(35-18-8-5-9-19-35)46(34-16-6-4-7-17-34)64(47)49(56)36-25-27-37(65)28-26-36/h4-13,16-29,31-32,44-49,65H,30H2,1-3H3,(H,58,70)(H,57,59,66)/t44-,45+,46-,47-,48+,49+,56-/m1/s1. The fourth-order valence-corrected chi connectivity index (χ4v) is 11.7. The monoisotopic (exact) mass is 990 g/mol. The van der Waals surface area contributed by atoms with E-state index in [-0.39, 0.29) is 28.7 Å². The van der Waals surface area contributed by atoms with Gasteiger partial charge in [0.25, 0.3) is 0 Å². The third-order valence-electron chi connectivity index (χ3n) is 14.0. The molecule has 7 atom stereocenters. The van der Waals surface area contributed by atoms with Crippen LogP contribution < -0.4 is 15.5 Å². The van der Waals surface area contributed by atoms with Crippen molar-refractivity contribution in [2.75, 3.05) is 17.3 Å². The molecule has 17 heteroatoms. The van der Waals surface area contributed by atoms with Crippen LogP contribution in [-0.4, -0.2) is 79.0 Å². The Morgan fingerprint density at radius 3 is 2.22 bits per heavy atom. The number of benzene rings is 6. The van der Waals surface area contributed by atoms with Crippen LogP contribution >= 0.6 is 11.3 Å². The minimum atomic E-state index is -2.16. The highest BCUT2D eigenvalue weighted by molar-refractivity contribution is 7.22. The number of fused-ring (bicyclic) bond motifs is 5. The van der Waals surface area contributed by atoms with Crippen molar-refractivity contribution < 1.29 is 38.6 Å². The van der Waals surface area contributed by atoms with E-state index in [1.807, 2.05) is 114 Å². The molecule has 5 heterocycles. The Balaban J connectivity index is 1.18. The van der Waals surface area contributed by atoms with Crippen LogP contribution in [0.2, 0.25) is 0 Å². The van der Waals surface area contributed by atoms with Gasteiger partial charge < -0.3 is 25.2 Å². The lowest BCUT2D eigenvalue weighted by Gasteiger charge is -2.46. The number of anilines is 2. The van der Waals surface area contributed by atoms with Crippen LogP contribution in [0.5, 0.6) is 5.75 Å². The van der Waals surface area contributed by atoms with Crippen LogP contribution in [0, 0.1) is 23.7 Å². The Kier molecular flexibility index (Phi) is 12.0. The lowest BCUT2D eigenvalue weighted by atomic mass is 9.65. The number of phenols is 1. The number of para-hydroxylation sites is 2. The molecule has 3 N–H and O–H groups in total. The van der Waals surface area contributed by atoms with E-state index in [0.717, 1.165) is 15.1 Å². The Labute approximate surface area is 422 Å². The van der Waals surface area contributed by atoms with Gasteiger partial charge in [-0.25, -0.2) is 24.2 Å². The predicted molar refractivity (Wildman–Crippen MR) is 272 cm³/mol. The van der Waals surface area contributed by atoms with Gasteiger partial charge in [-0.3, -0.25) is 19.3 Å². The van der Waals surface area contributed by atoms with Crippen LogP contribution in [0.25, 0.3) is 21.3 Å². The molecule has 1 spiro atoms. The van der Waals surface area contributed by atoms with E-state index < -0.39 is 77.3 Å². The van der Waals surface area contributed by atoms with Crippen molar-refractivity contribution in [1.29, 1.82) is 0 Å². The van der Waals surface area contributed by atoms with Crippen LogP contribution in [0.1, 0.15) is 59.9 Å². The minimum absolute atomic E-state index is 0.0725. The first-order valence-electron chi connectivity index (χ1n) is 23.7. The number of nitrogens with zero attached hydrogens (tertiary/aromatic N) is 6. The largest absolute Gasteiger partial charge is 0.508 e. The van der Waals surface area contributed by atoms with Crippen molar-refractivity contribution in [1.82, 2.24) is 30.2 Å². The summed E-state index contributed by atoms with van der Waals surface area (Å²) in [5.74, 6) is 1.09. The minimum Gasteiger partial charge on any atom is -0.508 e. The van der Waals surface area contributed by atoms with E-state index >= 15 is 19.2 Å². The van der Waals surface area contributed by atoms with Gasteiger partial charge in [0.1, 0.15) is 41.4 Å². The zero-order chi connectivity index (χ0) is 50.5. The molecule has 0 bridgehead atoms. The van der Waals surface area contributed by atoms with Gasteiger partial charge in [0.2, 0.25) is 11.8 Å². The maximum atomic E-state index is 16.7. The Hall–Kier alpha value is -8.72. The second-order valence-electron chi connectivity index (χ2n) is 18.4. The molecule has 0 aliphatic carbocycles. The summed E-state index contributed by atoms with van der Waals surface area (Å²) in [5.41, 5.74) is 2.44. The number of urea groups is 1. The molecule has 0 saturated carbocycles. The highest BCUT2D eigenvalue weighted by atomic mass is 32.1. The Morgan fingerprint density at radius 1 is 0.822 bits per heavy atom. The lowest BCUT2D eigenvalue weighted by Crippen LogP contribution is -2.57. The molecule has 2 aromatic heterocycles. The molecule has 6 aromatic carbocycles. The first-order chi connectivity index (χ1) is 35.5. The molecule has 364 valence electrons. The third-order valence-corrected chi connectivity index (χ3v) is 14.9. The molecule has 2 fully saturated rings. The fraction of sp³-hybridized carbons (Fsp3) is 0.214. The van der Waals surface area contributed by atoms with Crippen LogP contribution in [0.4, 0.5) is 15.6 Å². The molecule has 8 aromatic rings. The van der Waals surface area contributed by atoms with E-state index in [9.17, 15) is 9.90 Å². The Bertz CT molecular complexity index is 3500. The summed E-state index contributed by atoms with van der Waals surface area (Å²) in [4.78, 5) is 84.2. The number of cyclic esters (lactones) is 1. The fourth-order valence-electron chi connectivity index (χ4n) is 10.8. The number of aromatic nitrogens is 4. The first-order valence-corrected chi connectivity index (χ1v) is 24.5. The topological polar surface area (TPSA) is 198 Å². The summed E-state index contributed by atoms with van der Waals surface area (Å²) in [5, 5.41) is 25.4. The number of hydrogen-bond acceptors (Lipinski definition) is 13. The summed E-state index contributed by atoms with van der Waals surface area (Å²) >= 11 is 1.22. The molecule has 16 nitrogen and oxygen atoms in total. The Morgan fingerprint density at radius 2 is 1.51 bits per heavy atom. The number of methoxy groups -OCH3 is 1. The van der Waals surface area contributed by atoms with E-state index in [4.69, 9.17) is 14.5 Å². The maximum Gasteiger partial charge on any atom is 0.329 e. The van der Waals surface area contributed by atoms with Crippen LogP contribution in [0.15, 0.2) is 152 Å². The van der Waals surface area contributed by atoms with E-state index in [0.29, 0.717) is 33.3 Å². The number of amides is 4. The number of thiazole rings is 1. The number of aromatic hydroxyl groups is 1. The number of nitrogens with one attached hydrogen (secondary N) is 2. The molecule has 4 amide bonds. The van der Waals surface area contributed by atoms with Crippen LogP contribution in [-0.2, 0) is 40.6 Å². The molecular weight excluding hydrogens is 945 g/mol. The van der Waals surface area contributed by atoms with Gasteiger partial charge in [0, 0.05) is 5.56 Å². The normalized spacial score (nSPS) is 21.6. The average Bonchev–Trinajstić information content (AvgIpc) is 4.16. The van der Waals surface area contributed by atoms with E-state index in [1.165, 1.54) is 30.6 Å². The second kappa shape index (κ2) is 18.8. The summed E-state index contributed by atoms with van der Waals surface area (Å²) in [6, 6.07) is 39.0. The number of imide groups is 1. The molecule has 0 unspecified atom stereocenters. The van der Waals surface area contributed by atoms with Crippen molar-refractivity contribution in [2.45, 2.75) is 56.1 Å². The van der Waals surface area contributed by atoms with Gasteiger partial charge in [-0.1, -0.05) is 139 Å². The summed E-state index contributed by atoms with van der Waals surface area (Å²) in [7, 11) is 1.21. The lowest BCUT2D eigenvalue weighted by molar-refractivity contribution is -0.177. The summed E-state index contributed by atoms with van der Waals surface area (Å²) in [6.45, 7) is 3.60. The molecule has 2 saturated heterocycles. The zero-order valence-corrected chi connectivity index (χ0v) is 40.4. The van der Waals surface area contributed by atoms with E-state index in [2.05, 4.69) is 32.8 Å². The number of morpholine rings is 1. The van der Waals surface area contributed by atoms with E-state index in [1.54, 1.807) is 48.9 Å². The van der Waals surface area contributed by atoms with Gasteiger partial charge in [-0.2, -0.15) is 0 Å². The number of hydrogen-bond donors (Lipinski definition) is 3. The van der Waals surface area contributed by atoms with Crippen molar-refractivity contribution >= 4 is 73.2 Å². The zero-order valence-electron chi connectivity index (χ0n) is 39.6. The van der Waals surface area contributed by atoms with Gasteiger partial charge >= 0.3 is 18.0 Å². The quantitative estimate of drug-likeness (QED) is 0.0932. The number of carbonyl (C=O) groups excluding carboxylic acids is 5. The number of phenolic OH excluding ortho intramolecular Hbond substituents is 1. The first kappa shape index (κ1) is 46.7. The molecule has 0 radical (unpaired) electrons. The molecule has 3 aliphatic heterocycles. The van der Waals surface area contributed by atoms with Gasteiger partial charge in [0.15, 0.2) is 5.13 Å². The maximum absolute atomic E-state index is 16.7. The number of ether oxygens (including phenoxy) is 2. The number of rotatable bonds is 9. The average molecular weight is 991 g/mol. The van der Waals surface area contributed by atoms with Gasteiger partial charge in [-0.05, 0) is 82.8 Å². The predicted octanol–water partition coefficient (Wildman–Crippen LogP) is 8.01. The number of esters is 2. The second-order valence-corrected chi connectivity index (χ2v) is 19.5. The van der Waals surface area contributed by atoms with Crippen molar-refractivity contribution in [3.05, 3.63) is 179 Å². The van der Waals surface area contributed by atoms with Crippen molar-refractivity contribution in [2.24, 2.45) is 11.8 Å². The summed E-state index contributed by atoms with van der Waals surface area (Å²) < 4.78 is 14.1. The highest BCUT2D eigenvalue weighted by Gasteiger charge is 2.75. The molecule has 11 rings (SSSR count). The van der Waals surface area contributed by atoms with Crippen molar-refractivity contribution in [3.8, 4) is 17.6 Å². The third kappa shape index (κ3) is 7.91. The molecular formula is C56H46N8O8S. The highest BCUT2D eigenvalue weighted by Crippen LogP contribution is 2.66. The van der Waals surface area contributed by atoms with Crippen LogP contribution in [0.3, 0.4) is 0 Å². The molecule has 73 heavy (non-hydrogen) atoms.